The Balaban J connectivity index is 1.82. The molecule has 0 spiro atoms. The average Bonchev–Trinajstić information content (AvgIpc) is 2.39. The van der Waals surface area contributed by atoms with Crippen LogP contribution in [0.4, 0.5) is 5.69 Å². The summed E-state index contributed by atoms with van der Waals surface area (Å²) in [4.78, 5) is 0. The molecule has 0 aliphatic carbocycles. The molecule has 0 aliphatic rings. The number of hydrogen-bond donors (Lipinski definition) is 1. The van der Waals surface area contributed by atoms with Crippen molar-refractivity contribution in [3.63, 3.8) is 0 Å². The van der Waals surface area contributed by atoms with E-state index in [0.717, 1.165) is 18.0 Å². The largest absolute Gasteiger partial charge is 0.491 e. The molecule has 100 valence electrons. The Morgan fingerprint density at radius 3 is 2.16 bits per heavy atom. The highest BCUT2D eigenvalue weighted by Crippen LogP contribution is 2.22. The minimum absolute atomic E-state index is 0.666. The number of aryl methyl sites for hydroxylation is 3. The topological polar surface area (TPSA) is 21.3 Å². The number of anilines is 1. The van der Waals surface area contributed by atoms with Gasteiger partial charge in [0.05, 0.1) is 0 Å². The summed E-state index contributed by atoms with van der Waals surface area (Å²) in [5, 5.41) is 3.36. The first-order valence-corrected chi connectivity index (χ1v) is 6.66. The number of nitrogens with one attached hydrogen (secondary N) is 1. The molecule has 0 heterocycles. The molecule has 0 bridgehead atoms. The number of benzene rings is 2. The van der Waals surface area contributed by atoms with Gasteiger partial charge in [0.25, 0.3) is 0 Å². The van der Waals surface area contributed by atoms with Gasteiger partial charge in [-0.2, -0.15) is 0 Å². The van der Waals surface area contributed by atoms with E-state index in [9.17, 15) is 0 Å². The lowest BCUT2D eigenvalue weighted by Gasteiger charge is -2.12. The molecule has 2 aromatic carbocycles. The van der Waals surface area contributed by atoms with Crippen molar-refractivity contribution in [2.75, 3.05) is 18.5 Å². The predicted octanol–water partition coefficient (Wildman–Crippen LogP) is 4.10. The van der Waals surface area contributed by atoms with Gasteiger partial charge >= 0.3 is 0 Å². The SMILES string of the molecule is Cc1ccc(NCCOc2c(C)cccc2C)cc1. The van der Waals surface area contributed by atoms with E-state index in [0.29, 0.717) is 6.61 Å². The standard InChI is InChI=1S/C17H21NO/c1-13-7-9-16(10-8-13)18-11-12-19-17-14(2)5-4-6-15(17)3/h4-10,18H,11-12H2,1-3H3. The van der Waals surface area contributed by atoms with E-state index in [4.69, 9.17) is 4.74 Å². The smallest absolute Gasteiger partial charge is 0.125 e. The van der Waals surface area contributed by atoms with Gasteiger partial charge in [0, 0.05) is 12.2 Å². The molecule has 0 radical (unpaired) electrons. The van der Waals surface area contributed by atoms with Crippen LogP contribution in [0.5, 0.6) is 5.75 Å². The zero-order valence-electron chi connectivity index (χ0n) is 11.9. The quantitative estimate of drug-likeness (QED) is 0.812. The Morgan fingerprint density at radius 1 is 0.895 bits per heavy atom. The van der Waals surface area contributed by atoms with Crippen molar-refractivity contribution in [1.82, 2.24) is 0 Å². The molecule has 0 fully saturated rings. The van der Waals surface area contributed by atoms with Crippen molar-refractivity contribution in [1.29, 1.82) is 0 Å². The summed E-state index contributed by atoms with van der Waals surface area (Å²) in [5.74, 6) is 1.01. The van der Waals surface area contributed by atoms with Crippen molar-refractivity contribution in [2.24, 2.45) is 0 Å². The van der Waals surface area contributed by atoms with E-state index < -0.39 is 0 Å². The van der Waals surface area contributed by atoms with E-state index in [1.54, 1.807) is 0 Å². The van der Waals surface area contributed by atoms with Gasteiger partial charge in [-0.15, -0.1) is 0 Å². The van der Waals surface area contributed by atoms with Gasteiger partial charge < -0.3 is 10.1 Å². The molecule has 2 heteroatoms. The van der Waals surface area contributed by atoms with E-state index in [1.165, 1.54) is 16.7 Å². The third-order valence-corrected chi connectivity index (χ3v) is 3.14. The third kappa shape index (κ3) is 3.75. The van der Waals surface area contributed by atoms with Crippen LogP contribution >= 0.6 is 0 Å². The molecule has 0 saturated carbocycles. The van der Waals surface area contributed by atoms with Gasteiger partial charge in [-0.25, -0.2) is 0 Å². The third-order valence-electron chi connectivity index (χ3n) is 3.14. The fourth-order valence-corrected chi connectivity index (χ4v) is 2.05. The Hall–Kier alpha value is -1.96. The summed E-state index contributed by atoms with van der Waals surface area (Å²) >= 11 is 0. The lowest BCUT2D eigenvalue weighted by atomic mass is 10.1. The van der Waals surface area contributed by atoms with Crippen molar-refractivity contribution >= 4 is 5.69 Å². The van der Waals surface area contributed by atoms with E-state index >= 15 is 0 Å². The first-order valence-electron chi connectivity index (χ1n) is 6.66. The fourth-order valence-electron chi connectivity index (χ4n) is 2.05. The van der Waals surface area contributed by atoms with Crippen LogP contribution in [0.2, 0.25) is 0 Å². The summed E-state index contributed by atoms with van der Waals surface area (Å²) in [5.41, 5.74) is 4.79. The number of hydrogen-bond acceptors (Lipinski definition) is 2. The zero-order chi connectivity index (χ0) is 13.7. The van der Waals surface area contributed by atoms with Crippen LogP contribution < -0.4 is 10.1 Å². The Kier molecular flexibility index (Phi) is 4.45. The Labute approximate surface area is 115 Å². The van der Waals surface area contributed by atoms with Crippen LogP contribution in [0.3, 0.4) is 0 Å². The minimum atomic E-state index is 0.666. The van der Waals surface area contributed by atoms with Crippen LogP contribution in [-0.4, -0.2) is 13.2 Å². The summed E-state index contributed by atoms with van der Waals surface area (Å²) in [6.45, 7) is 7.72. The van der Waals surface area contributed by atoms with Crippen LogP contribution in [0.1, 0.15) is 16.7 Å². The normalized spacial score (nSPS) is 10.3. The molecule has 0 aliphatic heterocycles. The second-order valence-corrected chi connectivity index (χ2v) is 4.86. The lowest BCUT2D eigenvalue weighted by Crippen LogP contribution is -2.12. The minimum Gasteiger partial charge on any atom is -0.491 e. The van der Waals surface area contributed by atoms with Gasteiger partial charge in [0.1, 0.15) is 12.4 Å². The summed E-state index contributed by atoms with van der Waals surface area (Å²) in [6.07, 6.45) is 0. The monoisotopic (exact) mass is 255 g/mol. The molecule has 0 unspecified atom stereocenters. The molecular formula is C17H21NO. The highest BCUT2D eigenvalue weighted by Gasteiger charge is 2.02. The summed E-state index contributed by atoms with van der Waals surface area (Å²) < 4.78 is 5.85. The van der Waals surface area contributed by atoms with Gasteiger partial charge in [0.2, 0.25) is 0 Å². The Bertz CT molecular complexity index is 511. The first kappa shape index (κ1) is 13.5. The fraction of sp³-hybridized carbons (Fsp3) is 0.294. The number of para-hydroxylation sites is 1. The van der Waals surface area contributed by atoms with Gasteiger partial charge in [-0.3, -0.25) is 0 Å². The molecule has 2 nitrogen and oxygen atoms in total. The van der Waals surface area contributed by atoms with Gasteiger partial charge in [-0.05, 0) is 44.0 Å². The van der Waals surface area contributed by atoms with Crippen molar-refractivity contribution in [3.8, 4) is 5.75 Å². The Morgan fingerprint density at radius 2 is 1.53 bits per heavy atom. The van der Waals surface area contributed by atoms with Crippen LogP contribution in [0, 0.1) is 20.8 Å². The molecule has 0 aromatic heterocycles. The maximum Gasteiger partial charge on any atom is 0.125 e. The zero-order valence-corrected chi connectivity index (χ0v) is 11.9. The molecule has 0 saturated heterocycles. The molecule has 0 atom stereocenters. The van der Waals surface area contributed by atoms with Gasteiger partial charge in [-0.1, -0.05) is 35.9 Å². The van der Waals surface area contributed by atoms with E-state index in [2.05, 4.69) is 68.6 Å². The summed E-state index contributed by atoms with van der Waals surface area (Å²) in [6, 6.07) is 14.6. The second-order valence-electron chi connectivity index (χ2n) is 4.86. The summed E-state index contributed by atoms with van der Waals surface area (Å²) in [7, 11) is 0. The predicted molar refractivity (Wildman–Crippen MR) is 81.1 cm³/mol. The van der Waals surface area contributed by atoms with Crippen LogP contribution in [0.15, 0.2) is 42.5 Å². The van der Waals surface area contributed by atoms with Crippen molar-refractivity contribution in [3.05, 3.63) is 59.2 Å². The maximum absolute atomic E-state index is 5.85. The highest BCUT2D eigenvalue weighted by atomic mass is 16.5. The van der Waals surface area contributed by atoms with Gasteiger partial charge in [0.15, 0.2) is 0 Å². The molecule has 2 aromatic rings. The number of ether oxygens (including phenoxy) is 1. The second kappa shape index (κ2) is 6.28. The van der Waals surface area contributed by atoms with Crippen LogP contribution in [0.25, 0.3) is 0 Å². The maximum atomic E-state index is 5.85. The molecule has 19 heavy (non-hydrogen) atoms. The molecule has 1 N–H and O–H groups in total. The highest BCUT2D eigenvalue weighted by molar-refractivity contribution is 5.44. The van der Waals surface area contributed by atoms with E-state index in [-0.39, 0.29) is 0 Å². The molecule has 2 rings (SSSR count). The lowest BCUT2D eigenvalue weighted by molar-refractivity contribution is 0.328. The van der Waals surface area contributed by atoms with Crippen molar-refractivity contribution in [2.45, 2.75) is 20.8 Å². The van der Waals surface area contributed by atoms with E-state index in [1.807, 2.05) is 0 Å². The van der Waals surface area contributed by atoms with Crippen molar-refractivity contribution < 1.29 is 4.74 Å². The average molecular weight is 255 g/mol. The first-order chi connectivity index (χ1) is 9.16. The molecular weight excluding hydrogens is 234 g/mol. The molecule has 0 amide bonds. The number of rotatable bonds is 5. The van der Waals surface area contributed by atoms with Crippen LogP contribution in [-0.2, 0) is 0 Å².